The molecule has 2 aromatic heterocycles. The van der Waals surface area contributed by atoms with E-state index in [4.69, 9.17) is 0 Å². The molecule has 1 aliphatic rings. The fourth-order valence-corrected chi connectivity index (χ4v) is 2.73. The Balaban J connectivity index is 1.97. The van der Waals surface area contributed by atoms with E-state index in [1.165, 1.54) is 0 Å². The van der Waals surface area contributed by atoms with Crippen LogP contribution >= 0.6 is 0 Å². The lowest BCUT2D eigenvalue weighted by Crippen LogP contribution is -2.03. The summed E-state index contributed by atoms with van der Waals surface area (Å²) in [4.78, 5) is 4.25. The van der Waals surface area contributed by atoms with Crippen molar-refractivity contribution in [2.75, 3.05) is 11.9 Å². The van der Waals surface area contributed by atoms with E-state index in [-0.39, 0.29) is 0 Å². The number of fused-ring (bicyclic) bond motifs is 3. The third-order valence-electron chi connectivity index (χ3n) is 3.69. The van der Waals surface area contributed by atoms with Crippen molar-refractivity contribution in [2.24, 2.45) is 0 Å². The number of aromatic nitrogens is 4. The lowest BCUT2D eigenvalue weighted by Gasteiger charge is -2.11. The summed E-state index contributed by atoms with van der Waals surface area (Å²) in [6.45, 7) is 2.85. The number of rotatable bonds is 1. The summed E-state index contributed by atoms with van der Waals surface area (Å²) in [7, 11) is 0. The first-order chi connectivity index (χ1) is 10.3. The number of hydrogen-bond acceptors (Lipinski definition) is 4. The van der Waals surface area contributed by atoms with Crippen molar-refractivity contribution >= 4 is 5.69 Å². The highest BCUT2D eigenvalue weighted by Crippen LogP contribution is 2.29. The molecule has 0 saturated heterocycles. The Hall–Kier alpha value is -2.69. The molecule has 0 atom stereocenters. The maximum atomic E-state index is 4.41. The van der Waals surface area contributed by atoms with E-state index < -0.39 is 0 Å². The van der Waals surface area contributed by atoms with E-state index in [9.17, 15) is 0 Å². The first kappa shape index (κ1) is 12.1. The minimum Gasteiger partial charge on any atom is -0.383 e. The number of benzene rings is 1. The molecule has 5 nitrogen and oxygen atoms in total. The molecule has 4 rings (SSSR count). The molecule has 0 spiro atoms. The zero-order chi connectivity index (χ0) is 14.2. The van der Waals surface area contributed by atoms with Crippen molar-refractivity contribution in [3.8, 4) is 17.1 Å². The van der Waals surface area contributed by atoms with Crippen LogP contribution in [-0.2, 0) is 6.42 Å². The fraction of sp³-hybridized carbons (Fsp3) is 0.188. The van der Waals surface area contributed by atoms with Crippen molar-refractivity contribution < 1.29 is 0 Å². The minimum atomic E-state index is 0.853. The van der Waals surface area contributed by atoms with Gasteiger partial charge in [0.05, 0.1) is 11.4 Å². The molecule has 5 heteroatoms. The standard InChI is InChI=1S/C16H15N5/c1-11-10-12(6-8-17-11)16-20-19-15-7-9-18-13-4-2-3-5-14(13)21(15)16/h2-6,8,10,18H,7,9H2,1H3. The van der Waals surface area contributed by atoms with Gasteiger partial charge in [-0.15, -0.1) is 10.2 Å². The van der Waals surface area contributed by atoms with Crippen molar-refractivity contribution in [2.45, 2.75) is 13.3 Å². The highest BCUT2D eigenvalue weighted by molar-refractivity contribution is 5.67. The average Bonchev–Trinajstić information content (AvgIpc) is 2.83. The highest BCUT2D eigenvalue weighted by Gasteiger charge is 2.20. The highest BCUT2D eigenvalue weighted by atomic mass is 15.3. The number of pyridine rings is 1. The third kappa shape index (κ3) is 1.98. The number of hydrogen-bond donors (Lipinski definition) is 1. The molecule has 3 heterocycles. The number of nitrogens with one attached hydrogen (secondary N) is 1. The Kier molecular flexibility index (Phi) is 2.70. The predicted octanol–water partition coefficient (Wildman–Crippen LogP) is 2.61. The van der Waals surface area contributed by atoms with E-state index in [1.54, 1.807) is 0 Å². The molecule has 3 aromatic rings. The summed E-state index contributed by atoms with van der Waals surface area (Å²) >= 11 is 0. The molecular formula is C16H15N5. The lowest BCUT2D eigenvalue weighted by atomic mass is 10.2. The van der Waals surface area contributed by atoms with Crippen LogP contribution in [0.5, 0.6) is 0 Å². The Morgan fingerprint density at radius 3 is 2.95 bits per heavy atom. The maximum absolute atomic E-state index is 4.41. The average molecular weight is 277 g/mol. The molecule has 0 radical (unpaired) electrons. The maximum Gasteiger partial charge on any atom is 0.168 e. The van der Waals surface area contributed by atoms with Gasteiger partial charge >= 0.3 is 0 Å². The van der Waals surface area contributed by atoms with Crippen molar-refractivity contribution in [1.29, 1.82) is 0 Å². The van der Waals surface area contributed by atoms with Gasteiger partial charge in [-0.3, -0.25) is 9.55 Å². The summed E-state index contributed by atoms with van der Waals surface area (Å²) in [5.74, 6) is 1.85. The molecule has 0 fully saturated rings. The molecule has 21 heavy (non-hydrogen) atoms. The van der Waals surface area contributed by atoms with Crippen LogP contribution in [-0.4, -0.2) is 26.3 Å². The van der Waals surface area contributed by atoms with E-state index >= 15 is 0 Å². The van der Waals surface area contributed by atoms with Crippen molar-refractivity contribution in [1.82, 2.24) is 19.7 Å². The third-order valence-corrected chi connectivity index (χ3v) is 3.69. The summed E-state index contributed by atoms with van der Waals surface area (Å²) in [6, 6.07) is 12.3. The molecule has 1 N–H and O–H groups in total. The molecule has 1 aromatic carbocycles. The largest absolute Gasteiger partial charge is 0.383 e. The number of anilines is 1. The van der Waals surface area contributed by atoms with Gasteiger partial charge in [-0.05, 0) is 31.2 Å². The van der Waals surface area contributed by atoms with E-state index in [2.05, 4.69) is 37.2 Å². The van der Waals surface area contributed by atoms with Crippen LogP contribution in [0.1, 0.15) is 11.5 Å². The van der Waals surface area contributed by atoms with Crippen LogP contribution in [0.25, 0.3) is 17.1 Å². The second-order valence-electron chi connectivity index (χ2n) is 5.16. The van der Waals surface area contributed by atoms with Crippen molar-refractivity contribution in [3.05, 3.63) is 54.1 Å². The zero-order valence-corrected chi connectivity index (χ0v) is 11.7. The smallest absolute Gasteiger partial charge is 0.168 e. The van der Waals surface area contributed by atoms with Gasteiger partial charge < -0.3 is 5.32 Å². The molecule has 0 bridgehead atoms. The van der Waals surface area contributed by atoms with E-state index in [0.29, 0.717) is 0 Å². The number of para-hydroxylation sites is 2. The second kappa shape index (κ2) is 4.70. The Bertz CT molecular complexity index is 806. The summed E-state index contributed by atoms with van der Waals surface area (Å²) in [6.07, 6.45) is 2.67. The number of aryl methyl sites for hydroxylation is 1. The first-order valence-corrected chi connectivity index (χ1v) is 7.03. The van der Waals surface area contributed by atoms with Gasteiger partial charge in [-0.2, -0.15) is 0 Å². The SMILES string of the molecule is Cc1cc(-c2nnc3n2-c2ccccc2NCC3)ccn1. The van der Waals surface area contributed by atoms with Crippen LogP contribution in [0.15, 0.2) is 42.6 Å². The van der Waals surface area contributed by atoms with Gasteiger partial charge in [-0.1, -0.05) is 12.1 Å². The molecule has 104 valence electrons. The Labute approximate surface area is 122 Å². The Morgan fingerprint density at radius 1 is 1.14 bits per heavy atom. The normalized spacial score (nSPS) is 13.0. The van der Waals surface area contributed by atoms with E-state index in [0.717, 1.165) is 47.2 Å². The van der Waals surface area contributed by atoms with Crippen LogP contribution < -0.4 is 5.32 Å². The van der Waals surface area contributed by atoms with Crippen LogP contribution in [0.3, 0.4) is 0 Å². The molecule has 0 aliphatic carbocycles. The van der Waals surface area contributed by atoms with Crippen molar-refractivity contribution in [3.63, 3.8) is 0 Å². The molecule has 0 amide bonds. The van der Waals surface area contributed by atoms with E-state index in [1.807, 2.05) is 37.4 Å². The summed E-state index contributed by atoms with van der Waals surface area (Å²) < 4.78 is 2.14. The second-order valence-corrected chi connectivity index (χ2v) is 5.16. The van der Waals surface area contributed by atoms with Crippen LogP contribution in [0.2, 0.25) is 0 Å². The molecule has 0 unspecified atom stereocenters. The summed E-state index contributed by atoms with van der Waals surface area (Å²) in [5.41, 5.74) is 4.23. The Morgan fingerprint density at radius 2 is 2.05 bits per heavy atom. The number of nitrogens with zero attached hydrogens (tertiary/aromatic N) is 4. The van der Waals surface area contributed by atoms with Gasteiger partial charge in [0, 0.05) is 30.4 Å². The van der Waals surface area contributed by atoms with Gasteiger partial charge in [-0.25, -0.2) is 0 Å². The topological polar surface area (TPSA) is 55.6 Å². The predicted molar refractivity (Wildman–Crippen MR) is 81.5 cm³/mol. The van der Waals surface area contributed by atoms with Gasteiger partial charge in [0.15, 0.2) is 5.82 Å². The quantitative estimate of drug-likeness (QED) is 0.743. The minimum absolute atomic E-state index is 0.853. The van der Waals surface area contributed by atoms with Gasteiger partial charge in [0.25, 0.3) is 0 Å². The lowest BCUT2D eigenvalue weighted by molar-refractivity contribution is 0.873. The zero-order valence-electron chi connectivity index (χ0n) is 11.7. The monoisotopic (exact) mass is 277 g/mol. The fourth-order valence-electron chi connectivity index (χ4n) is 2.73. The van der Waals surface area contributed by atoms with Gasteiger partial charge in [0.2, 0.25) is 0 Å². The first-order valence-electron chi connectivity index (χ1n) is 7.03. The molecule has 0 saturated carbocycles. The molecular weight excluding hydrogens is 262 g/mol. The van der Waals surface area contributed by atoms with Gasteiger partial charge in [0.1, 0.15) is 5.82 Å². The van der Waals surface area contributed by atoms with Crippen LogP contribution in [0.4, 0.5) is 5.69 Å². The summed E-state index contributed by atoms with van der Waals surface area (Å²) in [5, 5.41) is 12.2. The van der Waals surface area contributed by atoms with Crippen LogP contribution in [0, 0.1) is 6.92 Å². The molecule has 1 aliphatic heterocycles.